The molecule has 0 heterocycles. The van der Waals surface area contributed by atoms with Crippen LogP contribution in [-0.2, 0) is 9.63 Å². The van der Waals surface area contributed by atoms with Gasteiger partial charge in [-0.3, -0.25) is 4.84 Å². The molecule has 4 atom stereocenters. The Bertz CT molecular complexity index is 221. The number of hydrogen-bond acceptors (Lipinski definition) is 9. The topological polar surface area (TPSA) is 157 Å². The first-order valence-electron chi connectivity index (χ1n) is 3.82. The molecule has 0 aliphatic heterocycles. The minimum atomic E-state index is -2.25. The lowest BCUT2D eigenvalue weighted by Crippen LogP contribution is -2.48. The van der Waals surface area contributed by atoms with Crippen molar-refractivity contribution in [2.45, 2.75) is 24.4 Å². The first-order valence-corrected chi connectivity index (χ1v) is 3.82. The molecule has 15 heavy (non-hydrogen) atoms. The molecule has 88 valence electrons. The SMILES string of the molecule is O=NOC(=O)[C@H](O)[C@@H](O)[C@H](O)[C@H](O)CO. The second kappa shape index (κ2) is 6.37. The molecule has 0 radical (unpaired) electrons. The van der Waals surface area contributed by atoms with E-state index >= 15 is 0 Å². The number of carbonyl (C=O) groups is 1. The van der Waals surface area contributed by atoms with Gasteiger partial charge < -0.3 is 25.5 Å². The monoisotopic (exact) mass is 225 g/mol. The summed E-state index contributed by atoms with van der Waals surface area (Å²) in [4.78, 5) is 23.5. The van der Waals surface area contributed by atoms with Crippen molar-refractivity contribution in [2.75, 3.05) is 6.61 Å². The fourth-order valence-corrected chi connectivity index (χ4v) is 0.753. The van der Waals surface area contributed by atoms with Crippen molar-refractivity contribution in [2.24, 2.45) is 5.34 Å². The highest BCUT2D eigenvalue weighted by Crippen LogP contribution is 2.06. The van der Waals surface area contributed by atoms with E-state index in [1.165, 1.54) is 0 Å². The number of carbonyl (C=O) groups excluding carboxylic acids is 1. The lowest BCUT2D eigenvalue weighted by molar-refractivity contribution is -0.170. The van der Waals surface area contributed by atoms with E-state index in [1.807, 2.05) is 0 Å². The molecule has 0 rings (SSSR count). The summed E-state index contributed by atoms with van der Waals surface area (Å²) in [6.07, 6.45) is -8.07. The first-order chi connectivity index (χ1) is 6.95. The van der Waals surface area contributed by atoms with Crippen LogP contribution in [0, 0.1) is 4.91 Å². The summed E-state index contributed by atoms with van der Waals surface area (Å²) in [5.74, 6) is -1.58. The second-order valence-corrected chi connectivity index (χ2v) is 2.66. The highest BCUT2D eigenvalue weighted by Gasteiger charge is 2.35. The van der Waals surface area contributed by atoms with Crippen molar-refractivity contribution in [3.8, 4) is 0 Å². The van der Waals surface area contributed by atoms with Crippen LogP contribution in [0.5, 0.6) is 0 Å². The zero-order chi connectivity index (χ0) is 12.0. The fraction of sp³-hybridized carbons (Fsp3) is 0.833. The predicted octanol–water partition coefficient (Wildman–Crippen LogP) is -3.35. The zero-order valence-corrected chi connectivity index (χ0v) is 7.42. The highest BCUT2D eigenvalue weighted by atomic mass is 16.8. The molecule has 0 saturated carbocycles. The predicted molar refractivity (Wildman–Crippen MR) is 43.0 cm³/mol. The van der Waals surface area contributed by atoms with Crippen molar-refractivity contribution in [1.29, 1.82) is 0 Å². The summed E-state index contributed by atoms with van der Waals surface area (Å²) in [6, 6.07) is 0. The molecule has 0 aromatic heterocycles. The summed E-state index contributed by atoms with van der Waals surface area (Å²) in [7, 11) is 0. The molecule has 0 unspecified atom stereocenters. The maximum Gasteiger partial charge on any atom is 0.369 e. The molecule has 0 fully saturated rings. The lowest BCUT2D eigenvalue weighted by Gasteiger charge is -2.23. The minimum absolute atomic E-state index is 0.883. The Balaban J connectivity index is 4.35. The third kappa shape index (κ3) is 3.85. The molecule has 9 heteroatoms. The Hall–Kier alpha value is -1.13. The summed E-state index contributed by atoms with van der Waals surface area (Å²) in [5, 5.41) is 46.0. The van der Waals surface area contributed by atoms with Crippen LogP contribution in [0.3, 0.4) is 0 Å². The largest absolute Gasteiger partial charge is 0.394 e. The summed E-state index contributed by atoms with van der Waals surface area (Å²) in [6.45, 7) is -0.883. The number of aliphatic hydroxyl groups excluding tert-OH is 5. The van der Waals surface area contributed by atoms with E-state index in [0.29, 0.717) is 0 Å². The Kier molecular flexibility index (Phi) is 5.89. The van der Waals surface area contributed by atoms with Gasteiger partial charge in [0.15, 0.2) is 11.4 Å². The maximum atomic E-state index is 10.6. The van der Waals surface area contributed by atoms with Crippen LogP contribution in [0.25, 0.3) is 0 Å². The van der Waals surface area contributed by atoms with Crippen LogP contribution in [0.1, 0.15) is 0 Å². The molecule has 0 saturated heterocycles. The molecule has 0 spiro atoms. The Labute approximate surface area is 83.5 Å². The van der Waals surface area contributed by atoms with E-state index < -0.39 is 37.0 Å². The van der Waals surface area contributed by atoms with Crippen LogP contribution < -0.4 is 0 Å². The Morgan fingerprint density at radius 3 is 2.13 bits per heavy atom. The molecule has 9 nitrogen and oxygen atoms in total. The number of nitrogens with zero attached hydrogens (tertiary/aromatic N) is 1. The van der Waals surface area contributed by atoms with Crippen LogP contribution in [0.15, 0.2) is 5.34 Å². The van der Waals surface area contributed by atoms with Gasteiger partial charge in [-0.2, -0.15) is 0 Å². The standard InChI is InChI=1S/C6H11NO8/c8-1-2(9)3(10)4(11)5(12)6(13)15-7-14/h2-5,8-12H,1H2/t2-,3-,4+,5-/m1/s1. The van der Waals surface area contributed by atoms with Crippen molar-refractivity contribution < 1.29 is 35.2 Å². The highest BCUT2D eigenvalue weighted by molar-refractivity contribution is 5.74. The van der Waals surface area contributed by atoms with Gasteiger partial charge in [0, 0.05) is 0 Å². The minimum Gasteiger partial charge on any atom is -0.394 e. The molecule has 5 N–H and O–H groups in total. The van der Waals surface area contributed by atoms with E-state index in [4.69, 9.17) is 25.5 Å². The van der Waals surface area contributed by atoms with Gasteiger partial charge in [-0.25, -0.2) is 4.79 Å². The number of rotatable bonds is 6. The van der Waals surface area contributed by atoms with Gasteiger partial charge in [-0.1, -0.05) is 0 Å². The van der Waals surface area contributed by atoms with Gasteiger partial charge in [0.1, 0.15) is 18.3 Å². The summed E-state index contributed by atoms with van der Waals surface area (Å²) >= 11 is 0. The van der Waals surface area contributed by atoms with E-state index in [2.05, 4.69) is 4.84 Å². The maximum absolute atomic E-state index is 10.6. The molecule has 0 aromatic rings. The summed E-state index contributed by atoms with van der Waals surface area (Å²) in [5.41, 5.74) is 0. The van der Waals surface area contributed by atoms with Gasteiger partial charge in [-0.15, -0.1) is 4.91 Å². The molecular weight excluding hydrogens is 214 g/mol. The molecule has 0 aromatic carbocycles. The first kappa shape index (κ1) is 13.9. The Morgan fingerprint density at radius 1 is 1.20 bits per heavy atom. The normalized spacial score (nSPS) is 18.7. The van der Waals surface area contributed by atoms with E-state index in [-0.39, 0.29) is 0 Å². The van der Waals surface area contributed by atoms with Crippen molar-refractivity contribution in [1.82, 2.24) is 0 Å². The smallest absolute Gasteiger partial charge is 0.369 e. The Morgan fingerprint density at radius 2 is 1.73 bits per heavy atom. The van der Waals surface area contributed by atoms with Crippen LogP contribution in [-0.4, -0.2) is 62.5 Å². The van der Waals surface area contributed by atoms with Gasteiger partial charge in [0.05, 0.1) is 6.61 Å². The second-order valence-electron chi connectivity index (χ2n) is 2.66. The van der Waals surface area contributed by atoms with Gasteiger partial charge in [0.25, 0.3) is 0 Å². The molecular formula is C6H11NO8. The summed E-state index contributed by atoms with van der Waals surface area (Å²) < 4.78 is 0. The lowest BCUT2D eigenvalue weighted by atomic mass is 10.0. The van der Waals surface area contributed by atoms with E-state index in [9.17, 15) is 9.70 Å². The van der Waals surface area contributed by atoms with Gasteiger partial charge in [-0.05, 0) is 0 Å². The van der Waals surface area contributed by atoms with Crippen molar-refractivity contribution in [3.63, 3.8) is 0 Å². The molecule has 0 amide bonds. The fourth-order valence-electron chi connectivity index (χ4n) is 0.753. The van der Waals surface area contributed by atoms with E-state index in [0.717, 1.165) is 0 Å². The van der Waals surface area contributed by atoms with Crippen LogP contribution in [0.2, 0.25) is 0 Å². The van der Waals surface area contributed by atoms with E-state index in [1.54, 1.807) is 5.34 Å². The van der Waals surface area contributed by atoms with Crippen molar-refractivity contribution >= 4 is 5.97 Å². The quantitative estimate of drug-likeness (QED) is 0.232. The van der Waals surface area contributed by atoms with Gasteiger partial charge >= 0.3 is 5.97 Å². The van der Waals surface area contributed by atoms with Crippen LogP contribution >= 0.6 is 0 Å². The zero-order valence-electron chi connectivity index (χ0n) is 7.42. The molecule has 0 aliphatic rings. The number of hydrogen-bond donors (Lipinski definition) is 5. The average Bonchev–Trinajstić information content (AvgIpc) is 2.25. The average molecular weight is 225 g/mol. The van der Waals surface area contributed by atoms with Crippen molar-refractivity contribution in [3.05, 3.63) is 4.91 Å². The molecule has 0 bridgehead atoms. The van der Waals surface area contributed by atoms with Crippen LogP contribution in [0.4, 0.5) is 0 Å². The number of aliphatic hydroxyl groups is 5. The van der Waals surface area contributed by atoms with Gasteiger partial charge in [0.2, 0.25) is 0 Å². The third-order valence-electron chi connectivity index (χ3n) is 1.62. The molecule has 0 aliphatic carbocycles. The third-order valence-corrected chi connectivity index (χ3v) is 1.62.